The number of aliphatic hydroxyl groups is 2. The van der Waals surface area contributed by atoms with Crippen LogP contribution in [-0.2, 0) is 28.6 Å². The Balaban J connectivity index is 1.44. The average Bonchev–Trinajstić information content (AvgIpc) is 3.17. The summed E-state index contributed by atoms with van der Waals surface area (Å²) < 4.78 is 28.3. The summed E-state index contributed by atoms with van der Waals surface area (Å²) >= 11 is 0. The Morgan fingerprint density at radius 3 is 2.45 bits per heavy atom. The molecule has 8 unspecified atom stereocenters. The molecule has 1 saturated heterocycles. The SMILES string of the molecule is COC(=O)C12Oc3c(c(O)cc(C)c3-c3ccc4c(c3O)C(=O)C3(O)C5CC(C)C(O)C3(O4)C(=O)O5)C(=O)C1CCCC2OC(C)=O. The first kappa shape index (κ1) is 30.9. The lowest BCUT2D eigenvalue weighted by molar-refractivity contribution is -0.193. The smallest absolute Gasteiger partial charge is 0.357 e. The van der Waals surface area contributed by atoms with Crippen molar-refractivity contribution in [1.29, 1.82) is 0 Å². The Kier molecular flexibility index (Phi) is 6.52. The van der Waals surface area contributed by atoms with E-state index >= 15 is 0 Å². The summed E-state index contributed by atoms with van der Waals surface area (Å²) in [7, 11) is 1.09. The number of phenols is 2. The minimum atomic E-state index is -2.68. The number of carbonyl (C=O) groups is 5. The molecule has 0 spiro atoms. The van der Waals surface area contributed by atoms with Crippen molar-refractivity contribution in [1.82, 2.24) is 0 Å². The quantitative estimate of drug-likeness (QED) is 0.274. The molecular weight excluding hydrogens is 620 g/mol. The Hall–Kier alpha value is -4.69. The van der Waals surface area contributed by atoms with E-state index in [1.54, 1.807) is 6.92 Å². The first-order valence-electron chi connectivity index (χ1n) is 15.2. The van der Waals surface area contributed by atoms with E-state index in [0.717, 1.165) is 14.0 Å². The van der Waals surface area contributed by atoms with Gasteiger partial charge in [0.2, 0.25) is 11.4 Å². The minimum absolute atomic E-state index is 0.00648. The number of hydrogen-bond acceptors (Lipinski definition) is 14. The van der Waals surface area contributed by atoms with Crippen LogP contribution < -0.4 is 9.47 Å². The summed E-state index contributed by atoms with van der Waals surface area (Å²) in [6.07, 6.45) is -3.60. The molecular formula is C33H32O14. The highest BCUT2D eigenvalue weighted by atomic mass is 16.6. The van der Waals surface area contributed by atoms with Crippen molar-refractivity contribution in [3.05, 3.63) is 34.9 Å². The van der Waals surface area contributed by atoms with Crippen molar-refractivity contribution in [2.24, 2.45) is 11.8 Å². The van der Waals surface area contributed by atoms with Crippen molar-refractivity contribution in [3.63, 3.8) is 0 Å². The summed E-state index contributed by atoms with van der Waals surface area (Å²) in [4.78, 5) is 67.0. The molecule has 14 heteroatoms. The van der Waals surface area contributed by atoms with Gasteiger partial charge in [-0.05, 0) is 62.3 Å². The van der Waals surface area contributed by atoms with Crippen LogP contribution in [0.3, 0.4) is 0 Å². The van der Waals surface area contributed by atoms with Crippen LogP contribution in [-0.4, -0.2) is 92.1 Å². The molecule has 2 aromatic carbocycles. The van der Waals surface area contributed by atoms with Gasteiger partial charge in [-0.2, -0.15) is 0 Å². The standard InChI is InChI=1S/C33H32O14/c1-12-10-17(35)22-25(37)16-6-5-7-19(44-14(3)34)31(16,29(40)43-4)47-26(22)21(12)15-8-9-18-23(24(15)36)28(39)32(42)20-11-13(2)27(38)33(32,46-18)30(41)45-20/h8-10,13,16,19-20,27,35-36,38,42H,5-7,11H2,1-4H3. The van der Waals surface area contributed by atoms with Gasteiger partial charge < -0.3 is 44.1 Å². The van der Waals surface area contributed by atoms with Gasteiger partial charge in [-0.25, -0.2) is 9.59 Å². The fourth-order valence-electron chi connectivity index (χ4n) is 8.30. The van der Waals surface area contributed by atoms with Crippen LogP contribution >= 0.6 is 0 Å². The first-order valence-corrected chi connectivity index (χ1v) is 15.2. The van der Waals surface area contributed by atoms with Crippen molar-refractivity contribution >= 4 is 29.5 Å². The van der Waals surface area contributed by atoms with E-state index in [1.165, 1.54) is 25.1 Å². The maximum Gasteiger partial charge on any atom is 0.357 e. The summed E-state index contributed by atoms with van der Waals surface area (Å²) in [5, 5.41) is 45.7. The van der Waals surface area contributed by atoms with Gasteiger partial charge in [0.05, 0.1) is 13.0 Å². The van der Waals surface area contributed by atoms with E-state index in [2.05, 4.69) is 0 Å². The summed E-state index contributed by atoms with van der Waals surface area (Å²) in [6.45, 7) is 4.29. The third-order valence-corrected chi connectivity index (χ3v) is 10.4. The van der Waals surface area contributed by atoms with Crippen LogP contribution in [0.2, 0.25) is 0 Å². The van der Waals surface area contributed by atoms with Crippen molar-refractivity contribution in [3.8, 4) is 34.1 Å². The topological polar surface area (TPSA) is 212 Å². The number of ether oxygens (including phenoxy) is 5. The molecule has 4 N–H and O–H groups in total. The van der Waals surface area contributed by atoms with Crippen LogP contribution in [0.15, 0.2) is 18.2 Å². The number of ketones is 2. The number of aromatic hydroxyl groups is 2. The molecule has 2 saturated carbocycles. The van der Waals surface area contributed by atoms with Gasteiger partial charge >= 0.3 is 17.9 Å². The van der Waals surface area contributed by atoms with Crippen molar-refractivity contribution in [2.45, 2.75) is 81.6 Å². The highest BCUT2D eigenvalue weighted by molar-refractivity contribution is 6.16. The van der Waals surface area contributed by atoms with Crippen LogP contribution in [0, 0.1) is 18.8 Å². The summed E-state index contributed by atoms with van der Waals surface area (Å²) in [5.74, 6) is -8.29. The summed E-state index contributed by atoms with van der Waals surface area (Å²) in [6, 6.07) is 3.81. The van der Waals surface area contributed by atoms with E-state index in [1.807, 2.05) is 0 Å². The number of Topliss-reactive ketones (excluding diaryl/α,β-unsaturated/α-hetero) is 2. The zero-order valence-corrected chi connectivity index (χ0v) is 25.8. The molecule has 2 bridgehead atoms. The molecule has 0 aromatic heterocycles. The molecule has 0 amide bonds. The Bertz CT molecular complexity index is 1810. The highest BCUT2D eigenvalue weighted by Gasteiger charge is 2.81. The zero-order chi connectivity index (χ0) is 34.0. The number of fused-ring (bicyclic) bond motifs is 3. The van der Waals surface area contributed by atoms with Gasteiger partial charge in [0.15, 0.2) is 11.9 Å². The van der Waals surface area contributed by atoms with E-state index < -0.39 is 93.5 Å². The second-order valence-corrected chi connectivity index (χ2v) is 12.9. The monoisotopic (exact) mass is 652 g/mol. The van der Waals surface area contributed by atoms with Gasteiger partial charge in [0.1, 0.15) is 46.3 Å². The predicted octanol–water partition coefficient (Wildman–Crippen LogP) is 1.66. The second-order valence-electron chi connectivity index (χ2n) is 12.9. The molecule has 3 aliphatic heterocycles. The number of phenolic OH excluding ortho intramolecular Hbond substituents is 2. The third kappa shape index (κ3) is 3.59. The Labute approximate surface area is 267 Å². The molecule has 2 aliphatic carbocycles. The van der Waals surface area contributed by atoms with Gasteiger partial charge in [0.25, 0.3) is 11.2 Å². The maximum atomic E-state index is 14.2. The second kappa shape index (κ2) is 9.91. The minimum Gasteiger partial charge on any atom is -0.507 e. The predicted molar refractivity (Wildman–Crippen MR) is 155 cm³/mol. The summed E-state index contributed by atoms with van der Waals surface area (Å²) in [5.41, 5.74) is -8.00. The lowest BCUT2D eigenvalue weighted by Gasteiger charge is -2.49. The number of esters is 3. The van der Waals surface area contributed by atoms with Crippen LogP contribution in [0.1, 0.15) is 65.8 Å². The lowest BCUT2D eigenvalue weighted by Crippen LogP contribution is -2.76. The Morgan fingerprint density at radius 1 is 1.04 bits per heavy atom. The third-order valence-electron chi connectivity index (χ3n) is 10.4. The number of hydrogen-bond donors (Lipinski definition) is 4. The number of rotatable bonds is 3. The number of benzene rings is 2. The molecule has 8 atom stereocenters. The van der Waals surface area contributed by atoms with Gasteiger partial charge in [-0.15, -0.1) is 0 Å². The Morgan fingerprint density at radius 2 is 1.77 bits per heavy atom. The van der Waals surface area contributed by atoms with Gasteiger partial charge in [-0.1, -0.05) is 6.92 Å². The molecule has 3 heterocycles. The normalized spacial score (nSPS) is 34.9. The van der Waals surface area contributed by atoms with Crippen molar-refractivity contribution in [2.75, 3.05) is 7.11 Å². The van der Waals surface area contributed by atoms with Gasteiger partial charge in [-0.3, -0.25) is 14.4 Å². The fourth-order valence-corrected chi connectivity index (χ4v) is 8.30. The fraction of sp³-hybridized carbons (Fsp3) is 0.485. The lowest BCUT2D eigenvalue weighted by atomic mass is 9.62. The average molecular weight is 653 g/mol. The first-order chi connectivity index (χ1) is 22.2. The molecule has 5 aliphatic rings. The molecule has 3 fully saturated rings. The van der Waals surface area contributed by atoms with E-state index in [-0.39, 0.29) is 53.0 Å². The maximum absolute atomic E-state index is 14.2. The number of carbonyl (C=O) groups excluding carboxylic acids is 5. The largest absolute Gasteiger partial charge is 0.507 e. The van der Waals surface area contributed by atoms with Gasteiger partial charge in [0, 0.05) is 18.1 Å². The number of methoxy groups -OCH3 is 1. The number of aliphatic hydroxyl groups excluding tert-OH is 1. The van der Waals surface area contributed by atoms with E-state index in [9.17, 15) is 44.4 Å². The molecule has 47 heavy (non-hydrogen) atoms. The zero-order valence-electron chi connectivity index (χ0n) is 25.8. The van der Waals surface area contributed by atoms with Crippen LogP contribution in [0.25, 0.3) is 11.1 Å². The van der Waals surface area contributed by atoms with Crippen LogP contribution in [0.4, 0.5) is 0 Å². The molecule has 2 aromatic rings. The molecule has 7 rings (SSSR count). The highest BCUT2D eigenvalue weighted by Crippen LogP contribution is 2.59. The molecule has 248 valence electrons. The van der Waals surface area contributed by atoms with E-state index in [4.69, 9.17) is 23.7 Å². The molecule has 14 nitrogen and oxygen atoms in total. The number of aryl methyl sites for hydroxylation is 1. The van der Waals surface area contributed by atoms with E-state index in [0.29, 0.717) is 6.42 Å². The van der Waals surface area contributed by atoms with Crippen molar-refractivity contribution < 1.29 is 68.1 Å². The molecule has 0 radical (unpaired) electrons. The van der Waals surface area contributed by atoms with Crippen LogP contribution in [0.5, 0.6) is 23.0 Å².